The van der Waals surface area contributed by atoms with E-state index in [1.807, 2.05) is 0 Å². The van der Waals surface area contributed by atoms with Gasteiger partial charge < -0.3 is 5.32 Å². The van der Waals surface area contributed by atoms with E-state index >= 15 is 0 Å². The van der Waals surface area contributed by atoms with Crippen molar-refractivity contribution in [1.82, 2.24) is 39.5 Å². The Bertz CT molecular complexity index is 3270. The van der Waals surface area contributed by atoms with Crippen molar-refractivity contribution in [3.05, 3.63) is 144 Å². The lowest BCUT2D eigenvalue weighted by molar-refractivity contribution is -0.145. The zero-order valence-corrected chi connectivity index (χ0v) is 42.1. The van der Waals surface area contributed by atoms with Crippen LogP contribution in [-0.2, 0) is 53.9 Å². The molecular weight excluding hydrogens is 1110 g/mol. The molecule has 412 valence electrons. The van der Waals surface area contributed by atoms with Crippen molar-refractivity contribution < 1.29 is 79.1 Å². The Balaban J connectivity index is 0.000000214. The Kier molecular flexibility index (Phi) is 19.0. The Morgan fingerprint density at radius 2 is 1.03 bits per heavy atom. The topological polar surface area (TPSA) is 195 Å². The molecule has 1 N–H and O–H groups in total. The first kappa shape index (κ1) is 59.7. The number of sulfonamides is 1. The number of hydrogen-bond donors (Lipinski definition) is 1. The van der Waals surface area contributed by atoms with Gasteiger partial charge >= 0.3 is 12.4 Å². The van der Waals surface area contributed by atoms with Gasteiger partial charge in [0, 0.05) is 78.3 Å². The number of nitrogens with one attached hydrogen (secondary N) is 1. The van der Waals surface area contributed by atoms with Gasteiger partial charge in [-0.1, -0.05) is 0 Å². The van der Waals surface area contributed by atoms with Crippen LogP contribution in [0.4, 0.5) is 52.7 Å². The number of aromatic nitrogens is 6. The van der Waals surface area contributed by atoms with E-state index in [1.165, 1.54) is 19.1 Å². The van der Waals surface area contributed by atoms with Crippen LogP contribution in [0, 0.1) is 23.3 Å². The monoisotopic (exact) mass is 1150 g/mol. The molecule has 4 aromatic heterocycles. The third kappa shape index (κ3) is 15.4. The zero-order valence-electron chi connectivity index (χ0n) is 39.8. The number of pyridine rings is 2. The number of Topliss-reactive ketones (excluding diaryl/α,β-unsaturated/α-hetero) is 2. The van der Waals surface area contributed by atoms with Crippen LogP contribution in [0.25, 0.3) is 22.5 Å². The molecule has 29 heteroatoms. The van der Waals surface area contributed by atoms with Gasteiger partial charge in [-0.25, -0.2) is 63.1 Å². The predicted octanol–water partition coefficient (Wildman–Crippen LogP) is 9.57. The van der Waals surface area contributed by atoms with Crippen LogP contribution in [-0.4, -0.2) is 99.1 Å². The summed E-state index contributed by atoms with van der Waals surface area (Å²) in [5.41, 5.74) is 0.676. The molecule has 2 aliphatic heterocycles. The lowest BCUT2D eigenvalue weighted by atomic mass is 10.0. The minimum Gasteiger partial charge on any atom is -0.302 e. The number of alkyl halides is 8. The second-order valence-electron chi connectivity index (χ2n) is 17.3. The van der Waals surface area contributed by atoms with Crippen molar-refractivity contribution in [2.45, 2.75) is 111 Å². The zero-order chi connectivity index (χ0) is 56.8. The molecule has 77 heavy (non-hydrogen) atoms. The number of aryl methyl sites for hydroxylation is 2. The van der Waals surface area contributed by atoms with Gasteiger partial charge in [0.15, 0.2) is 5.78 Å². The third-order valence-corrected chi connectivity index (χ3v) is 15.3. The van der Waals surface area contributed by atoms with E-state index in [-0.39, 0.29) is 81.3 Å². The van der Waals surface area contributed by atoms with Gasteiger partial charge in [0.25, 0.3) is 9.05 Å². The van der Waals surface area contributed by atoms with E-state index in [0.29, 0.717) is 0 Å². The maximum absolute atomic E-state index is 14.6. The van der Waals surface area contributed by atoms with Crippen LogP contribution in [0.15, 0.2) is 108 Å². The molecule has 0 bridgehead atoms. The number of carbonyl (C=O) groups excluding carboxylic acids is 2. The Labute approximate surface area is 435 Å². The molecule has 0 unspecified atom stereocenters. The van der Waals surface area contributed by atoms with Crippen molar-refractivity contribution in [2.75, 3.05) is 0 Å². The minimum atomic E-state index is -4.74. The smallest absolute Gasteiger partial charge is 0.302 e. The van der Waals surface area contributed by atoms with Crippen molar-refractivity contribution >= 4 is 41.3 Å². The fraction of sp³-hybridized carbons (Fsp3) is 0.333. The predicted molar refractivity (Wildman–Crippen MR) is 251 cm³/mol. The van der Waals surface area contributed by atoms with Crippen LogP contribution < -0.4 is 5.32 Å². The van der Waals surface area contributed by atoms with E-state index in [4.69, 9.17) is 10.7 Å². The lowest BCUT2D eigenvalue weighted by Crippen LogP contribution is -2.44. The summed E-state index contributed by atoms with van der Waals surface area (Å²) in [6, 6.07) is 7.23. The fourth-order valence-electron chi connectivity index (χ4n) is 7.82. The molecule has 6 atom stereocenters. The molecule has 6 aromatic rings. The summed E-state index contributed by atoms with van der Waals surface area (Å²) in [7, 11) is -3.11. The number of rotatable bonds is 13. The SMILES string of the molecule is C[C@@H]1N[C@H](C(=O)CCc2cc(-c3cnc(C(F)(F)F)nc3)ncc2F)C[C@H]1F.C[C@H]1[C@H](F)C[C@@H](C(=O)CCc2cc(-c3cnc(C(F)(F)F)nc3)ncc2F)N1S(=O)(=O)c1ccc(F)cc1.O=S(=O)(Cl)c1ccc(F)cc1. The molecule has 14 nitrogen and oxygen atoms in total. The van der Waals surface area contributed by atoms with Crippen LogP contribution >= 0.6 is 10.7 Å². The number of benzene rings is 2. The molecule has 0 spiro atoms. The maximum Gasteiger partial charge on any atom is 0.451 e. The Hall–Kier alpha value is -6.49. The van der Waals surface area contributed by atoms with Gasteiger partial charge in [-0.05, 0) is 98.5 Å². The average Bonchev–Trinajstić information content (AvgIpc) is 3.88. The van der Waals surface area contributed by atoms with Crippen LogP contribution in [0.5, 0.6) is 0 Å². The minimum absolute atomic E-state index is 0.000984. The number of carbonyl (C=O) groups is 2. The number of halogens is 13. The molecule has 0 aliphatic carbocycles. The number of ketones is 2. The molecule has 2 aromatic carbocycles. The summed E-state index contributed by atoms with van der Waals surface area (Å²) in [6.45, 7) is 2.97. The standard InChI is InChI=1S/C24H20F6N4O3S.C18H17F5N4O.C6H4ClFO2S/c1-13-18(26)9-21(34(13)38(36,37)17-5-3-16(25)4-6-17)22(35)7-2-14-8-20(31-12-19(14)27)15-10-32-23(33-11-15)24(28,29)30;1-9-12(19)5-15(27-9)16(28)3-2-10-4-14(24-8-13(10)20)11-6-25-17(26-7-11)18(21,22)23;7-11(9,10)6-3-1-5(8)2-4-6/h3-6,8,10-13,18,21H,2,7,9H2,1H3;4,6-9,12,15,27H,2-3,5H2,1H3;1-4H/t13-,18+,21-;9-,12+,15-;/m00./s1. The molecule has 0 saturated carbocycles. The largest absolute Gasteiger partial charge is 0.451 e. The van der Waals surface area contributed by atoms with Gasteiger partial charge in [0.05, 0.1) is 51.7 Å². The summed E-state index contributed by atoms with van der Waals surface area (Å²) in [6.07, 6.45) is -7.53. The van der Waals surface area contributed by atoms with E-state index in [2.05, 4.69) is 35.2 Å². The molecular formula is C48H41ClF12N8O6S2. The van der Waals surface area contributed by atoms with Crippen LogP contribution in [0.2, 0.25) is 0 Å². The summed E-state index contributed by atoms with van der Waals surface area (Å²) in [5, 5.41) is 2.87. The molecule has 2 saturated heterocycles. The van der Waals surface area contributed by atoms with Crippen molar-refractivity contribution in [2.24, 2.45) is 0 Å². The van der Waals surface area contributed by atoms with Gasteiger partial charge in [0.2, 0.25) is 21.7 Å². The first-order chi connectivity index (χ1) is 35.9. The first-order valence-corrected chi connectivity index (χ1v) is 26.4. The average molecular weight is 1150 g/mol. The second-order valence-corrected chi connectivity index (χ2v) is 21.7. The van der Waals surface area contributed by atoms with Gasteiger partial charge in [0.1, 0.15) is 41.4 Å². The summed E-state index contributed by atoms with van der Waals surface area (Å²) >= 11 is 0. The van der Waals surface area contributed by atoms with E-state index in [1.54, 1.807) is 6.92 Å². The van der Waals surface area contributed by atoms with E-state index < -0.39 is 115 Å². The summed E-state index contributed by atoms with van der Waals surface area (Å²) in [5.74, 6) is -6.11. The highest BCUT2D eigenvalue weighted by atomic mass is 35.7. The molecule has 8 rings (SSSR count). The quantitative estimate of drug-likeness (QED) is 0.0849. The first-order valence-electron chi connectivity index (χ1n) is 22.6. The number of nitrogens with zero attached hydrogens (tertiary/aromatic N) is 7. The fourth-order valence-corrected chi connectivity index (χ4v) is 10.4. The normalized spacial score (nSPS) is 19.9. The molecule has 6 heterocycles. The summed E-state index contributed by atoms with van der Waals surface area (Å²) in [4.78, 5) is 45.5. The number of hydrogen-bond acceptors (Lipinski definition) is 13. The highest BCUT2D eigenvalue weighted by Crippen LogP contribution is 2.35. The van der Waals surface area contributed by atoms with Crippen LogP contribution in [0.1, 0.15) is 62.3 Å². The molecule has 0 amide bonds. The molecule has 2 fully saturated rings. The summed E-state index contributed by atoms with van der Waals surface area (Å²) < 4.78 is 206. The Morgan fingerprint density at radius 1 is 0.610 bits per heavy atom. The highest BCUT2D eigenvalue weighted by molar-refractivity contribution is 8.13. The Morgan fingerprint density at radius 3 is 1.42 bits per heavy atom. The van der Waals surface area contributed by atoms with Gasteiger partial charge in [-0.2, -0.15) is 30.6 Å². The van der Waals surface area contributed by atoms with Gasteiger partial charge in [-0.15, -0.1) is 0 Å². The van der Waals surface area contributed by atoms with Crippen molar-refractivity contribution in [1.29, 1.82) is 0 Å². The third-order valence-electron chi connectivity index (χ3n) is 11.9. The maximum atomic E-state index is 14.6. The molecule has 0 radical (unpaired) electrons. The lowest BCUT2D eigenvalue weighted by Gasteiger charge is -2.26. The van der Waals surface area contributed by atoms with E-state index in [9.17, 15) is 79.1 Å². The second kappa shape index (κ2) is 24.5. The van der Waals surface area contributed by atoms with Gasteiger partial charge in [-0.3, -0.25) is 19.6 Å². The van der Waals surface area contributed by atoms with Crippen molar-refractivity contribution in [3.8, 4) is 22.5 Å². The highest BCUT2D eigenvalue weighted by Gasteiger charge is 2.49. The molecule has 2 aliphatic rings. The van der Waals surface area contributed by atoms with Crippen molar-refractivity contribution in [3.63, 3.8) is 0 Å². The van der Waals surface area contributed by atoms with E-state index in [0.717, 1.165) is 90.0 Å². The van der Waals surface area contributed by atoms with Crippen LogP contribution in [0.3, 0.4) is 0 Å².